The van der Waals surface area contributed by atoms with E-state index in [9.17, 15) is 4.79 Å². The van der Waals surface area contributed by atoms with Gasteiger partial charge in [0.25, 0.3) is 5.89 Å². The number of rotatable bonds is 7. The Morgan fingerprint density at radius 3 is 2.71 bits per heavy atom. The molecule has 0 unspecified atom stereocenters. The highest BCUT2D eigenvalue weighted by molar-refractivity contribution is 5.67. The Morgan fingerprint density at radius 1 is 1.17 bits per heavy atom. The molecule has 35 heavy (non-hydrogen) atoms. The highest BCUT2D eigenvalue weighted by Crippen LogP contribution is 2.39. The Balaban J connectivity index is 1.58. The van der Waals surface area contributed by atoms with Gasteiger partial charge in [-0.2, -0.15) is 4.98 Å². The number of benzene rings is 1. The molecule has 7 nitrogen and oxygen atoms in total. The van der Waals surface area contributed by atoms with Gasteiger partial charge in [0, 0.05) is 23.9 Å². The number of hydrogen-bond donors (Lipinski definition) is 0. The molecule has 0 N–H and O–H groups in total. The van der Waals surface area contributed by atoms with Crippen LogP contribution >= 0.6 is 0 Å². The third-order valence-corrected chi connectivity index (χ3v) is 6.57. The van der Waals surface area contributed by atoms with Gasteiger partial charge in [-0.1, -0.05) is 62.7 Å². The van der Waals surface area contributed by atoms with Crippen LogP contribution in [0.3, 0.4) is 0 Å². The van der Waals surface area contributed by atoms with Crippen molar-refractivity contribution in [3.8, 4) is 40.0 Å². The summed E-state index contributed by atoms with van der Waals surface area (Å²) in [4.78, 5) is 22.6. The molecular formula is C28H30N4O3. The van der Waals surface area contributed by atoms with E-state index in [4.69, 9.17) is 14.2 Å². The SMILES string of the molecule is CCCCOc1cc2c(nc1C)-c1cc(=O)c(-c3nc(-c4ccccc4)no3)cn1[C@H](C(C)C)C2. The zero-order valence-corrected chi connectivity index (χ0v) is 20.6. The van der Waals surface area contributed by atoms with Crippen molar-refractivity contribution in [3.63, 3.8) is 0 Å². The molecule has 0 fully saturated rings. The van der Waals surface area contributed by atoms with Crippen LogP contribution < -0.4 is 10.2 Å². The van der Waals surface area contributed by atoms with Crippen molar-refractivity contribution < 1.29 is 9.26 Å². The third-order valence-electron chi connectivity index (χ3n) is 6.57. The van der Waals surface area contributed by atoms with E-state index in [-0.39, 0.29) is 17.4 Å². The van der Waals surface area contributed by atoms with Gasteiger partial charge in [0.1, 0.15) is 11.3 Å². The standard InChI is InChI=1S/C28H30N4O3/c1-5-6-12-34-25-14-20-13-22(17(2)3)32-16-21(24(33)15-23(32)26(20)29-18(25)4)28-30-27(31-35-28)19-10-8-7-9-11-19/h7-11,14-17,22H,5-6,12-13H2,1-4H3/t22-/m0/s1. The minimum atomic E-state index is -0.169. The molecule has 5 rings (SSSR count). The van der Waals surface area contributed by atoms with E-state index >= 15 is 0 Å². The Morgan fingerprint density at radius 2 is 1.97 bits per heavy atom. The largest absolute Gasteiger partial charge is 0.492 e. The second kappa shape index (κ2) is 9.49. The fourth-order valence-electron chi connectivity index (χ4n) is 4.57. The smallest absolute Gasteiger partial charge is 0.263 e. The molecule has 1 aliphatic heterocycles. The lowest BCUT2D eigenvalue weighted by Crippen LogP contribution is -2.27. The summed E-state index contributed by atoms with van der Waals surface area (Å²) in [5.41, 5.74) is 4.65. The van der Waals surface area contributed by atoms with E-state index in [2.05, 4.69) is 41.5 Å². The molecule has 180 valence electrons. The highest BCUT2D eigenvalue weighted by atomic mass is 16.5. The Bertz CT molecular complexity index is 1410. The maximum atomic E-state index is 13.3. The lowest BCUT2D eigenvalue weighted by atomic mass is 9.89. The third kappa shape index (κ3) is 4.38. The first-order valence-corrected chi connectivity index (χ1v) is 12.3. The van der Waals surface area contributed by atoms with E-state index in [0.717, 1.165) is 53.2 Å². The minimum absolute atomic E-state index is 0.154. The van der Waals surface area contributed by atoms with Gasteiger partial charge in [0.05, 0.1) is 23.7 Å². The van der Waals surface area contributed by atoms with Crippen LogP contribution in [0.4, 0.5) is 0 Å². The number of aromatic nitrogens is 4. The topological polar surface area (TPSA) is 83.0 Å². The Labute approximate surface area is 204 Å². The zero-order chi connectivity index (χ0) is 24.5. The molecule has 4 heterocycles. The van der Waals surface area contributed by atoms with Gasteiger partial charge in [-0.3, -0.25) is 4.79 Å². The van der Waals surface area contributed by atoms with Crippen molar-refractivity contribution in [2.24, 2.45) is 5.92 Å². The van der Waals surface area contributed by atoms with Crippen LogP contribution in [0.5, 0.6) is 5.75 Å². The normalized spacial score (nSPS) is 14.6. The molecule has 0 aliphatic carbocycles. The number of unbranched alkanes of at least 4 members (excludes halogenated alkanes) is 1. The van der Waals surface area contributed by atoms with E-state index < -0.39 is 0 Å². The molecule has 0 saturated heterocycles. The monoisotopic (exact) mass is 470 g/mol. The van der Waals surface area contributed by atoms with Crippen molar-refractivity contribution in [2.45, 2.75) is 53.0 Å². The molecule has 0 amide bonds. The van der Waals surface area contributed by atoms with Crippen LogP contribution in [0.1, 0.15) is 50.9 Å². The molecule has 7 heteroatoms. The summed E-state index contributed by atoms with van der Waals surface area (Å²) in [6.45, 7) is 9.17. The highest BCUT2D eigenvalue weighted by Gasteiger charge is 2.30. The molecule has 0 radical (unpaired) electrons. The van der Waals surface area contributed by atoms with Gasteiger partial charge in [0.15, 0.2) is 5.43 Å². The summed E-state index contributed by atoms with van der Waals surface area (Å²) in [5, 5.41) is 4.10. The Hall–Kier alpha value is -3.74. The molecule has 1 aromatic carbocycles. The van der Waals surface area contributed by atoms with Crippen molar-refractivity contribution in [1.82, 2.24) is 19.7 Å². The van der Waals surface area contributed by atoms with Crippen molar-refractivity contribution in [1.29, 1.82) is 0 Å². The van der Waals surface area contributed by atoms with Gasteiger partial charge in [-0.05, 0) is 37.3 Å². The molecule has 0 saturated carbocycles. The van der Waals surface area contributed by atoms with Crippen LogP contribution in [-0.2, 0) is 6.42 Å². The summed E-state index contributed by atoms with van der Waals surface area (Å²) in [6, 6.07) is 13.5. The fraction of sp³-hybridized carbons (Fsp3) is 0.357. The second-order valence-corrected chi connectivity index (χ2v) is 9.43. The van der Waals surface area contributed by atoms with Gasteiger partial charge in [-0.25, -0.2) is 4.98 Å². The van der Waals surface area contributed by atoms with Crippen LogP contribution in [0, 0.1) is 12.8 Å². The van der Waals surface area contributed by atoms with E-state index in [0.29, 0.717) is 23.9 Å². The maximum absolute atomic E-state index is 13.3. The molecule has 0 spiro atoms. The molecule has 1 atom stereocenters. The summed E-state index contributed by atoms with van der Waals surface area (Å²) in [6.07, 6.45) is 4.75. The summed E-state index contributed by atoms with van der Waals surface area (Å²) < 4.78 is 13.7. The quantitative estimate of drug-likeness (QED) is 0.314. The Kier molecular flexibility index (Phi) is 6.24. The zero-order valence-electron chi connectivity index (χ0n) is 20.6. The van der Waals surface area contributed by atoms with Crippen LogP contribution in [0.15, 0.2) is 58.0 Å². The van der Waals surface area contributed by atoms with Crippen LogP contribution in [0.2, 0.25) is 0 Å². The lowest BCUT2D eigenvalue weighted by Gasteiger charge is -2.33. The van der Waals surface area contributed by atoms with Crippen LogP contribution in [-0.4, -0.2) is 26.3 Å². The first-order chi connectivity index (χ1) is 17.0. The predicted octanol–water partition coefficient (Wildman–Crippen LogP) is 5.87. The van der Waals surface area contributed by atoms with Crippen LogP contribution in [0.25, 0.3) is 34.2 Å². The molecule has 3 aromatic heterocycles. The van der Waals surface area contributed by atoms with Gasteiger partial charge >= 0.3 is 0 Å². The number of fused-ring (bicyclic) bond motifs is 3. The maximum Gasteiger partial charge on any atom is 0.263 e. The van der Waals surface area contributed by atoms with E-state index in [1.165, 1.54) is 0 Å². The van der Waals surface area contributed by atoms with Crippen molar-refractivity contribution in [3.05, 3.63) is 70.1 Å². The molecular weight excluding hydrogens is 440 g/mol. The van der Waals surface area contributed by atoms with Gasteiger partial charge in [-0.15, -0.1) is 0 Å². The molecule has 1 aliphatic rings. The summed E-state index contributed by atoms with van der Waals surface area (Å²) >= 11 is 0. The predicted molar refractivity (Wildman–Crippen MR) is 135 cm³/mol. The van der Waals surface area contributed by atoms with Gasteiger partial charge < -0.3 is 13.8 Å². The number of hydrogen-bond acceptors (Lipinski definition) is 6. The van der Waals surface area contributed by atoms with E-state index in [1.807, 2.05) is 43.5 Å². The second-order valence-electron chi connectivity index (χ2n) is 9.43. The summed E-state index contributed by atoms with van der Waals surface area (Å²) in [5.74, 6) is 1.85. The number of ether oxygens (including phenoxy) is 1. The summed E-state index contributed by atoms with van der Waals surface area (Å²) in [7, 11) is 0. The average Bonchev–Trinajstić information content (AvgIpc) is 3.34. The number of nitrogens with zero attached hydrogens (tertiary/aromatic N) is 4. The lowest BCUT2D eigenvalue weighted by molar-refractivity contribution is 0.304. The van der Waals surface area contributed by atoms with Crippen molar-refractivity contribution in [2.75, 3.05) is 6.61 Å². The first-order valence-electron chi connectivity index (χ1n) is 12.3. The molecule has 0 bridgehead atoms. The first kappa shape index (κ1) is 23.0. The molecule has 4 aromatic rings. The minimum Gasteiger partial charge on any atom is -0.492 e. The number of aryl methyl sites for hydroxylation is 1. The van der Waals surface area contributed by atoms with Gasteiger partial charge in [0.2, 0.25) is 5.82 Å². The number of pyridine rings is 2. The fourth-order valence-corrected chi connectivity index (χ4v) is 4.57. The average molecular weight is 471 g/mol. The van der Waals surface area contributed by atoms with E-state index in [1.54, 1.807) is 6.07 Å². The van der Waals surface area contributed by atoms with Crippen molar-refractivity contribution >= 4 is 0 Å².